The minimum absolute atomic E-state index is 0.599. The summed E-state index contributed by atoms with van der Waals surface area (Å²) >= 11 is 0. The summed E-state index contributed by atoms with van der Waals surface area (Å²) in [5.41, 5.74) is 18.3. The second-order valence-corrected chi connectivity index (χ2v) is 26.9. The highest BCUT2D eigenvalue weighted by atomic mass is 28.3. The minimum atomic E-state index is -1.80. The Balaban J connectivity index is 1.38. The molecule has 0 unspecified atom stereocenters. The zero-order chi connectivity index (χ0) is 36.4. The maximum absolute atomic E-state index is 5.00. The molecule has 0 radical (unpaired) electrons. The molecule has 0 saturated heterocycles. The Bertz CT molecular complexity index is 1890. The van der Waals surface area contributed by atoms with E-state index < -0.39 is 16.1 Å². The quantitative estimate of drug-likeness (QED) is 0.0921. The van der Waals surface area contributed by atoms with Gasteiger partial charge in [-0.1, -0.05) is 94.9 Å². The van der Waals surface area contributed by atoms with Crippen LogP contribution in [0.25, 0.3) is 44.6 Å². The molecular formula is C44H54N4Si2. The molecule has 5 aromatic rings. The fraction of sp³-hybridized carbons (Fsp3) is 0.409. The smallest absolute Gasteiger partial charge is 0.146 e. The van der Waals surface area contributed by atoms with Gasteiger partial charge < -0.3 is 0 Å². The van der Waals surface area contributed by atoms with E-state index in [1.54, 1.807) is 0 Å². The Morgan fingerprint density at radius 1 is 0.400 bits per heavy atom. The van der Waals surface area contributed by atoms with Crippen molar-refractivity contribution in [2.45, 2.75) is 116 Å². The standard InChI is InChI=1S/C44H54N4Si2/c1-29(2)49(30(3)4,31(5)6)25-23-35-13-17-41(45-27-35)43-19-15-37-38-16-20-44(48-40(38)22-21-39(37)47-43)42-18-14-36(28-46-42)24-26-50(32(7)8,33(9)10)34(11)12/h13-22,27-34H,1-12H3. The number of benzene rings is 1. The maximum Gasteiger partial charge on any atom is 0.146 e. The average molecular weight is 695 g/mol. The first-order chi connectivity index (χ1) is 23.7. The molecular weight excluding hydrogens is 641 g/mol. The summed E-state index contributed by atoms with van der Waals surface area (Å²) in [6.07, 6.45) is 3.79. The van der Waals surface area contributed by atoms with Crippen molar-refractivity contribution in [1.82, 2.24) is 19.9 Å². The third kappa shape index (κ3) is 7.07. The summed E-state index contributed by atoms with van der Waals surface area (Å²) in [7, 11) is -3.60. The molecule has 4 heterocycles. The van der Waals surface area contributed by atoms with Crippen LogP contribution in [-0.4, -0.2) is 36.1 Å². The highest BCUT2D eigenvalue weighted by molar-refractivity contribution is 6.91. The van der Waals surface area contributed by atoms with Gasteiger partial charge in [-0.15, -0.1) is 11.1 Å². The van der Waals surface area contributed by atoms with Crippen LogP contribution in [0.2, 0.25) is 33.2 Å². The van der Waals surface area contributed by atoms with E-state index in [1.165, 1.54) is 0 Å². The van der Waals surface area contributed by atoms with Crippen molar-refractivity contribution in [3.05, 3.63) is 84.2 Å². The second kappa shape index (κ2) is 15.0. The van der Waals surface area contributed by atoms with Crippen LogP contribution in [-0.2, 0) is 0 Å². The molecule has 258 valence electrons. The summed E-state index contributed by atoms with van der Waals surface area (Å²) in [6.45, 7) is 28.1. The number of pyridine rings is 4. The molecule has 0 atom stereocenters. The third-order valence-corrected chi connectivity index (χ3v) is 23.7. The van der Waals surface area contributed by atoms with E-state index in [0.717, 1.165) is 55.7 Å². The summed E-state index contributed by atoms with van der Waals surface area (Å²) in [5.74, 6) is 7.02. The summed E-state index contributed by atoms with van der Waals surface area (Å²) < 4.78 is 0. The highest BCUT2D eigenvalue weighted by Crippen LogP contribution is 2.42. The molecule has 0 aliphatic rings. The van der Waals surface area contributed by atoms with Crippen LogP contribution in [0.3, 0.4) is 0 Å². The van der Waals surface area contributed by atoms with E-state index in [2.05, 4.69) is 130 Å². The van der Waals surface area contributed by atoms with Crippen molar-refractivity contribution < 1.29 is 0 Å². The van der Waals surface area contributed by atoms with E-state index in [1.807, 2.05) is 48.8 Å². The SMILES string of the molecule is CC(C)[Si](C#Cc1ccc(-c2ccc3c(ccc4nc(-c5ccc(C#C[Si](C(C)C)(C(C)C)C(C)C)cn5)ccc43)n2)nc1)(C(C)C)C(C)C. The predicted molar refractivity (Wildman–Crippen MR) is 219 cm³/mol. The molecule has 0 aliphatic heterocycles. The molecule has 1 aromatic carbocycles. The van der Waals surface area contributed by atoms with Gasteiger partial charge >= 0.3 is 0 Å². The van der Waals surface area contributed by atoms with E-state index in [-0.39, 0.29) is 0 Å². The maximum atomic E-state index is 5.00. The van der Waals surface area contributed by atoms with Gasteiger partial charge in [0.15, 0.2) is 0 Å². The Kier molecular flexibility index (Phi) is 11.2. The van der Waals surface area contributed by atoms with Gasteiger partial charge in [-0.3, -0.25) is 9.97 Å². The molecule has 50 heavy (non-hydrogen) atoms. The van der Waals surface area contributed by atoms with Crippen molar-refractivity contribution in [1.29, 1.82) is 0 Å². The lowest BCUT2D eigenvalue weighted by Crippen LogP contribution is -2.43. The van der Waals surface area contributed by atoms with E-state index in [0.29, 0.717) is 33.2 Å². The summed E-state index contributed by atoms with van der Waals surface area (Å²) in [4.78, 5) is 19.5. The van der Waals surface area contributed by atoms with Crippen molar-refractivity contribution in [3.8, 4) is 45.7 Å². The molecule has 0 N–H and O–H groups in total. The van der Waals surface area contributed by atoms with Gasteiger partial charge in [0.2, 0.25) is 0 Å². The van der Waals surface area contributed by atoms with Gasteiger partial charge in [0.25, 0.3) is 0 Å². The van der Waals surface area contributed by atoms with Crippen LogP contribution in [0.4, 0.5) is 0 Å². The lowest BCUT2D eigenvalue weighted by atomic mass is 10.1. The van der Waals surface area contributed by atoms with Gasteiger partial charge in [0.05, 0.1) is 33.8 Å². The lowest BCUT2D eigenvalue weighted by molar-refractivity contribution is 0.838. The minimum Gasteiger partial charge on any atom is -0.253 e. The monoisotopic (exact) mass is 694 g/mol. The number of nitrogens with zero attached hydrogens (tertiary/aromatic N) is 4. The normalized spacial score (nSPS) is 12.4. The van der Waals surface area contributed by atoms with Crippen LogP contribution >= 0.6 is 0 Å². The van der Waals surface area contributed by atoms with Crippen LogP contribution in [0.5, 0.6) is 0 Å². The van der Waals surface area contributed by atoms with Crippen LogP contribution in [0.15, 0.2) is 73.1 Å². The number of aromatic nitrogens is 4. The first-order valence-corrected chi connectivity index (χ1v) is 22.9. The van der Waals surface area contributed by atoms with E-state index >= 15 is 0 Å². The third-order valence-electron chi connectivity index (χ3n) is 11.2. The first kappa shape index (κ1) is 37.2. The zero-order valence-corrected chi connectivity index (χ0v) is 34.2. The van der Waals surface area contributed by atoms with Crippen LogP contribution in [0.1, 0.15) is 94.2 Å². The second-order valence-electron chi connectivity index (χ2n) is 15.8. The highest BCUT2D eigenvalue weighted by Gasteiger charge is 2.42. The van der Waals surface area contributed by atoms with Gasteiger partial charge in [-0.2, -0.15) is 0 Å². The first-order valence-electron chi connectivity index (χ1n) is 18.4. The topological polar surface area (TPSA) is 51.6 Å². The summed E-state index contributed by atoms with van der Waals surface area (Å²) in [5, 5.41) is 2.13. The molecule has 6 heteroatoms. The van der Waals surface area contributed by atoms with Crippen molar-refractivity contribution in [3.63, 3.8) is 0 Å². The average Bonchev–Trinajstić information content (AvgIpc) is 3.08. The number of hydrogen-bond donors (Lipinski definition) is 0. The predicted octanol–water partition coefficient (Wildman–Crippen LogP) is 12.0. The Labute approximate surface area is 303 Å². The largest absolute Gasteiger partial charge is 0.253 e. The van der Waals surface area contributed by atoms with Gasteiger partial charge in [-0.25, -0.2) is 9.97 Å². The number of fused-ring (bicyclic) bond motifs is 3. The Morgan fingerprint density at radius 2 is 0.720 bits per heavy atom. The zero-order valence-electron chi connectivity index (χ0n) is 32.2. The van der Waals surface area contributed by atoms with Gasteiger partial charge in [0, 0.05) is 34.3 Å². The molecule has 0 fully saturated rings. The van der Waals surface area contributed by atoms with Gasteiger partial charge in [0.1, 0.15) is 16.1 Å². The number of hydrogen-bond acceptors (Lipinski definition) is 4. The van der Waals surface area contributed by atoms with Crippen LogP contribution < -0.4 is 0 Å². The molecule has 4 nitrogen and oxygen atoms in total. The van der Waals surface area contributed by atoms with Crippen molar-refractivity contribution >= 4 is 38.0 Å². The fourth-order valence-electron chi connectivity index (χ4n) is 8.57. The van der Waals surface area contributed by atoms with Crippen LogP contribution in [0, 0.1) is 22.9 Å². The fourth-order valence-corrected chi connectivity index (χ4v) is 19.0. The molecule has 0 aliphatic carbocycles. The summed E-state index contributed by atoms with van der Waals surface area (Å²) in [6, 6.07) is 20.7. The van der Waals surface area contributed by atoms with Crippen molar-refractivity contribution in [2.75, 3.05) is 0 Å². The van der Waals surface area contributed by atoms with Gasteiger partial charge in [-0.05, 0) is 93.9 Å². The Morgan fingerprint density at radius 3 is 1.00 bits per heavy atom. The molecule has 0 saturated carbocycles. The molecule has 5 rings (SSSR count). The molecule has 0 bridgehead atoms. The molecule has 4 aromatic heterocycles. The van der Waals surface area contributed by atoms with E-state index in [9.17, 15) is 0 Å². The molecule has 0 spiro atoms. The Hall–Kier alpha value is -4.11. The lowest BCUT2D eigenvalue weighted by Gasteiger charge is -2.38. The van der Waals surface area contributed by atoms with E-state index in [4.69, 9.17) is 19.9 Å². The number of rotatable bonds is 8. The van der Waals surface area contributed by atoms with Crippen molar-refractivity contribution in [2.24, 2.45) is 0 Å². The molecule has 0 amide bonds.